The number of hydrogen-bond donors (Lipinski definition) is 0. The molecule has 3 fully saturated rings. The first-order valence-corrected chi connectivity index (χ1v) is 10.9. The molecule has 4 aliphatic rings. The Morgan fingerprint density at radius 2 is 1.54 bits per heavy atom. The van der Waals surface area contributed by atoms with E-state index < -0.39 is 0 Å². The van der Waals surface area contributed by atoms with Crippen LogP contribution in [0.15, 0.2) is 54.6 Å². The molecule has 0 saturated carbocycles. The first-order valence-electron chi connectivity index (χ1n) is 10.9. The minimum Gasteiger partial charge on any atom is -0.331 e. The molecule has 4 heterocycles. The van der Waals surface area contributed by atoms with Crippen LogP contribution in [0.3, 0.4) is 0 Å². The van der Waals surface area contributed by atoms with Crippen LogP contribution in [0.2, 0.25) is 0 Å². The quantitative estimate of drug-likeness (QED) is 0.760. The van der Waals surface area contributed by atoms with E-state index in [1.807, 2.05) is 30.0 Å². The maximum atomic E-state index is 12.3. The van der Waals surface area contributed by atoms with E-state index in [0.717, 1.165) is 18.9 Å². The van der Waals surface area contributed by atoms with Gasteiger partial charge in [-0.1, -0.05) is 61.5 Å². The van der Waals surface area contributed by atoms with Gasteiger partial charge in [-0.05, 0) is 67.9 Å². The van der Waals surface area contributed by atoms with Crippen LogP contribution in [0.25, 0.3) is 0 Å². The van der Waals surface area contributed by atoms with E-state index in [1.165, 1.54) is 55.6 Å². The molecule has 0 N–H and O–H groups in total. The van der Waals surface area contributed by atoms with Crippen molar-refractivity contribution >= 4 is 5.91 Å². The molecular formula is C25H32N2O. The van der Waals surface area contributed by atoms with Crippen LogP contribution in [0.1, 0.15) is 55.3 Å². The normalized spacial score (nSPS) is 25.5. The largest absolute Gasteiger partial charge is 0.331 e. The highest BCUT2D eigenvalue weighted by molar-refractivity contribution is 5.77. The van der Waals surface area contributed by atoms with Gasteiger partial charge in [-0.3, -0.25) is 4.79 Å². The lowest BCUT2D eigenvalue weighted by Gasteiger charge is -2.38. The molecule has 3 nitrogen and oxygen atoms in total. The van der Waals surface area contributed by atoms with Gasteiger partial charge in [0, 0.05) is 13.0 Å². The van der Waals surface area contributed by atoms with Gasteiger partial charge in [0.2, 0.25) is 5.91 Å². The van der Waals surface area contributed by atoms with Crippen LogP contribution in [-0.2, 0) is 11.2 Å². The second kappa shape index (κ2) is 8.91. The van der Waals surface area contributed by atoms with Crippen molar-refractivity contribution in [3.05, 3.63) is 71.3 Å². The predicted octanol–water partition coefficient (Wildman–Crippen LogP) is 4.67. The molecule has 1 atom stereocenters. The van der Waals surface area contributed by atoms with E-state index in [-0.39, 0.29) is 11.9 Å². The van der Waals surface area contributed by atoms with Crippen molar-refractivity contribution in [3.8, 4) is 0 Å². The average molecular weight is 377 g/mol. The number of piperidine rings is 3. The lowest BCUT2D eigenvalue weighted by Crippen LogP contribution is -2.41. The zero-order chi connectivity index (χ0) is 19.3. The molecule has 1 amide bonds. The van der Waals surface area contributed by atoms with Crippen LogP contribution in [-0.4, -0.2) is 41.9 Å². The summed E-state index contributed by atoms with van der Waals surface area (Å²) in [5.41, 5.74) is 3.83. The molecule has 0 aromatic heterocycles. The fourth-order valence-electron chi connectivity index (χ4n) is 4.90. The third-order valence-corrected chi connectivity index (χ3v) is 6.58. The van der Waals surface area contributed by atoms with Gasteiger partial charge in [-0.2, -0.15) is 0 Å². The molecule has 0 aliphatic carbocycles. The Balaban J connectivity index is 0.000000198. The molecule has 3 heteroatoms. The van der Waals surface area contributed by atoms with Crippen LogP contribution >= 0.6 is 0 Å². The van der Waals surface area contributed by atoms with E-state index in [4.69, 9.17) is 0 Å². The van der Waals surface area contributed by atoms with Crippen LogP contribution in [0, 0.1) is 5.92 Å². The van der Waals surface area contributed by atoms with E-state index in [1.54, 1.807) is 0 Å². The Labute approximate surface area is 169 Å². The number of nitrogens with zero attached hydrogens (tertiary/aromatic N) is 2. The van der Waals surface area contributed by atoms with E-state index in [2.05, 4.69) is 41.3 Å². The predicted molar refractivity (Wildman–Crippen MR) is 114 cm³/mol. The standard InChI is InChI=1S/C18H19NO.C7H13N/c1-2-17(20)19-13-12-14-8-6-7-11-16(14)18(19)15-9-4-3-5-10-15;1-4-8-5-2-7(1)3-6-8/h3-11,18H,2,12-13H2,1H3;7H,1-6H2. The summed E-state index contributed by atoms with van der Waals surface area (Å²) in [6.45, 7) is 6.92. The van der Waals surface area contributed by atoms with E-state index in [0.29, 0.717) is 6.42 Å². The molecule has 3 saturated heterocycles. The molecule has 2 aromatic rings. The molecule has 148 valence electrons. The fourth-order valence-corrected chi connectivity index (χ4v) is 4.90. The molecule has 28 heavy (non-hydrogen) atoms. The van der Waals surface area contributed by atoms with Crippen LogP contribution in [0.4, 0.5) is 0 Å². The van der Waals surface area contributed by atoms with Crippen molar-refractivity contribution in [2.75, 3.05) is 26.2 Å². The molecule has 6 rings (SSSR count). The molecule has 0 spiro atoms. The van der Waals surface area contributed by atoms with Gasteiger partial charge in [-0.15, -0.1) is 0 Å². The highest BCUT2D eigenvalue weighted by Crippen LogP contribution is 2.35. The van der Waals surface area contributed by atoms with Crippen molar-refractivity contribution in [3.63, 3.8) is 0 Å². The lowest BCUT2D eigenvalue weighted by atomic mass is 9.88. The summed E-state index contributed by atoms with van der Waals surface area (Å²) < 4.78 is 0. The summed E-state index contributed by atoms with van der Waals surface area (Å²) in [4.78, 5) is 16.9. The summed E-state index contributed by atoms with van der Waals surface area (Å²) in [6.07, 6.45) is 5.97. The number of benzene rings is 2. The first kappa shape index (κ1) is 19.2. The second-order valence-electron chi connectivity index (χ2n) is 8.28. The van der Waals surface area contributed by atoms with Gasteiger partial charge in [0.15, 0.2) is 0 Å². The average Bonchev–Trinajstić information content (AvgIpc) is 2.80. The van der Waals surface area contributed by atoms with Gasteiger partial charge >= 0.3 is 0 Å². The SMILES string of the molecule is C1CN2CCC1CC2.CCC(=O)N1CCc2ccccc2C1c1ccccc1. The van der Waals surface area contributed by atoms with Crippen molar-refractivity contribution in [1.82, 2.24) is 9.80 Å². The highest BCUT2D eigenvalue weighted by Gasteiger charge is 2.30. The second-order valence-corrected chi connectivity index (χ2v) is 8.28. The highest BCUT2D eigenvalue weighted by atomic mass is 16.2. The van der Waals surface area contributed by atoms with Crippen LogP contribution < -0.4 is 0 Å². The van der Waals surface area contributed by atoms with Crippen molar-refractivity contribution in [2.45, 2.75) is 45.1 Å². The minimum absolute atomic E-state index is 0.0635. The minimum atomic E-state index is 0.0635. The maximum Gasteiger partial charge on any atom is 0.223 e. The fraction of sp³-hybridized carbons (Fsp3) is 0.480. The Hall–Kier alpha value is -2.13. The van der Waals surface area contributed by atoms with Gasteiger partial charge < -0.3 is 9.80 Å². The number of amides is 1. The maximum absolute atomic E-state index is 12.3. The van der Waals surface area contributed by atoms with Gasteiger partial charge in [0.05, 0.1) is 6.04 Å². The van der Waals surface area contributed by atoms with Crippen LogP contribution in [0.5, 0.6) is 0 Å². The number of fused-ring (bicyclic) bond motifs is 4. The van der Waals surface area contributed by atoms with Crippen molar-refractivity contribution in [2.24, 2.45) is 5.92 Å². The van der Waals surface area contributed by atoms with E-state index in [9.17, 15) is 4.79 Å². The van der Waals surface area contributed by atoms with Gasteiger partial charge in [0.25, 0.3) is 0 Å². The number of carbonyl (C=O) groups is 1. The zero-order valence-corrected chi connectivity index (χ0v) is 17.0. The van der Waals surface area contributed by atoms with Crippen molar-refractivity contribution in [1.29, 1.82) is 0 Å². The third-order valence-electron chi connectivity index (χ3n) is 6.58. The van der Waals surface area contributed by atoms with E-state index >= 15 is 0 Å². The van der Waals surface area contributed by atoms with Gasteiger partial charge in [-0.25, -0.2) is 0 Å². The third kappa shape index (κ3) is 4.15. The lowest BCUT2D eigenvalue weighted by molar-refractivity contribution is -0.132. The summed E-state index contributed by atoms with van der Waals surface area (Å²) >= 11 is 0. The number of rotatable bonds is 2. The summed E-state index contributed by atoms with van der Waals surface area (Å²) in [7, 11) is 0. The molecule has 4 aliphatic heterocycles. The number of hydrogen-bond acceptors (Lipinski definition) is 2. The Bertz CT molecular complexity index is 757. The monoisotopic (exact) mass is 376 g/mol. The zero-order valence-electron chi connectivity index (χ0n) is 17.0. The smallest absolute Gasteiger partial charge is 0.223 e. The topological polar surface area (TPSA) is 23.6 Å². The molecule has 0 radical (unpaired) electrons. The molecule has 2 aromatic carbocycles. The Morgan fingerprint density at radius 1 is 0.893 bits per heavy atom. The van der Waals surface area contributed by atoms with Crippen molar-refractivity contribution < 1.29 is 4.79 Å². The summed E-state index contributed by atoms with van der Waals surface area (Å²) in [5, 5.41) is 0. The Morgan fingerprint density at radius 3 is 2.11 bits per heavy atom. The molecule has 1 unspecified atom stereocenters. The first-order chi connectivity index (χ1) is 13.8. The molecule has 2 bridgehead atoms. The number of carbonyl (C=O) groups excluding carboxylic acids is 1. The summed E-state index contributed by atoms with van der Waals surface area (Å²) in [5.74, 6) is 1.34. The molecular weight excluding hydrogens is 344 g/mol. The summed E-state index contributed by atoms with van der Waals surface area (Å²) in [6, 6.07) is 18.9. The van der Waals surface area contributed by atoms with Gasteiger partial charge in [0.1, 0.15) is 0 Å². The Kier molecular flexibility index (Phi) is 6.11.